The average molecular weight is 221 g/mol. The molecule has 1 aromatic heterocycles. The van der Waals surface area contributed by atoms with Crippen LogP contribution in [-0.4, -0.2) is 12.6 Å². The fourth-order valence-corrected chi connectivity index (χ4v) is 1.95. The van der Waals surface area contributed by atoms with E-state index in [1.165, 1.54) is 0 Å². The molecule has 0 aliphatic carbocycles. The van der Waals surface area contributed by atoms with E-state index in [0.717, 1.165) is 24.8 Å². The van der Waals surface area contributed by atoms with Crippen molar-refractivity contribution < 1.29 is 8.81 Å². The number of hydrogen-bond donors (Lipinski definition) is 1. The number of benzene rings is 1. The maximum atomic E-state index is 13.3. The highest BCUT2D eigenvalue weighted by atomic mass is 19.1. The van der Waals surface area contributed by atoms with Gasteiger partial charge in [0.25, 0.3) is 0 Å². The zero-order valence-electron chi connectivity index (χ0n) is 9.59. The highest BCUT2D eigenvalue weighted by Gasteiger charge is 2.07. The van der Waals surface area contributed by atoms with Gasteiger partial charge in [0.2, 0.25) is 0 Å². The topological polar surface area (TPSA) is 25.2 Å². The van der Waals surface area contributed by atoms with E-state index >= 15 is 0 Å². The predicted octanol–water partition coefficient (Wildman–Crippen LogP) is 3.11. The van der Waals surface area contributed by atoms with E-state index in [1.54, 1.807) is 0 Å². The van der Waals surface area contributed by atoms with Gasteiger partial charge in [0.15, 0.2) is 5.82 Å². The number of likely N-dealkylation sites (N-methyl/N-ethyl adjacent to an activating group) is 1. The Morgan fingerprint density at radius 3 is 3.00 bits per heavy atom. The third-order valence-electron chi connectivity index (χ3n) is 2.69. The van der Waals surface area contributed by atoms with Crippen molar-refractivity contribution in [1.82, 2.24) is 5.32 Å². The normalized spacial score (nSPS) is 13.2. The molecule has 16 heavy (non-hydrogen) atoms. The van der Waals surface area contributed by atoms with E-state index in [2.05, 4.69) is 19.2 Å². The molecule has 86 valence electrons. The second-order valence-electron chi connectivity index (χ2n) is 4.08. The smallest absolute Gasteiger partial charge is 0.169 e. The minimum atomic E-state index is -0.284. The van der Waals surface area contributed by atoms with Gasteiger partial charge in [-0.2, -0.15) is 0 Å². The fourth-order valence-electron chi connectivity index (χ4n) is 1.95. The molecule has 1 aromatic carbocycles. The molecule has 1 heterocycles. The molecule has 2 nitrogen and oxygen atoms in total. The van der Waals surface area contributed by atoms with Crippen LogP contribution in [0.15, 0.2) is 28.9 Å². The number of nitrogens with one attached hydrogen (secondary N) is 1. The molecule has 0 aliphatic rings. The van der Waals surface area contributed by atoms with Crippen LogP contribution in [0.4, 0.5) is 4.39 Å². The predicted molar refractivity (Wildman–Crippen MR) is 63.0 cm³/mol. The van der Waals surface area contributed by atoms with Gasteiger partial charge in [0.05, 0.1) is 5.39 Å². The van der Waals surface area contributed by atoms with Gasteiger partial charge >= 0.3 is 0 Å². The van der Waals surface area contributed by atoms with Crippen LogP contribution in [0.2, 0.25) is 0 Å². The van der Waals surface area contributed by atoms with Gasteiger partial charge < -0.3 is 9.73 Å². The molecule has 0 amide bonds. The molecule has 0 radical (unpaired) electrons. The van der Waals surface area contributed by atoms with E-state index in [-0.39, 0.29) is 5.82 Å². The Hall–Kier alpha value is -1.35. The highest BCUT2D eigenvalue weighted by Crippen LogP contribution is 2.21. The minimum Gasteiger partial charge on any atom is -0.461 e. The molecular formula is C13H16FNO. The molecule has 0 spiro atoms. The molecule has 2 aromatic rings. The summed E-state index contributed by atoms with van der Waals surface area (Å²) in [6, 6.07) is 6.07. The van der Waals surface area contributed by atoms with Crippen molar-refractivity contribution in [3.05, 3.63) is 35.8 Å². The molecule has 0 saturated heterocycles. The van der Waals surface area contributed by atoms with Gasteiger partial charge in [-0.25, -0.2) is 4.39 Å². The largest absolute Gasteiger partial charge is 0.461 e. The summed E-state index contributed by atoms with van der Waals surface area (Å²) >= 11 is 0. The van der Waals surface area contributed by atoms with Crippen molar-refractivity contribution in [2.75, 3.05) is 6.54 Å². The third kappa shape index (κ3) is 2.25. The van der Waals surface area contributed by atoms with E-state index in [4.69, 9.17) is 4.42 Å². The number of hydrogen-bond acceptors (Lipinski definition) is 2. The Labute approximate surface area is 94.4 Å². The Morgan fingerprint density at radius 2 is 2.25 bits per heavy atom. The first-order chi connectivity index (χ1) is 7.70. The van der Waals surface area contributed by atoms with Gasteiger partial charge in [0.1, 0.15) is 11.8 Å². The van der Waals surface area contributed by atoms with Gasteiger partial charge in [0, 0.05) is 6.04 Å². The molecule has 3 heteroatoms. The standard InChI is InChI=1S/C13H16FNO/c1-3-15-9(2)6-10-4-5-13-11(7-10)12(14)8-16-13/h4-5,7-9,15H,3,6H2,1-2H3. The lowest BCUT2D eigenvalue weighted by atomic mass is 10.1. The zero-order chi connectivity index (χ0) is 11.5. The lowest BCUT2D eigenvalue weighted by Crippen LogP contribution is -2.27. The second-order valence-corrected chi connectivity index (χ2v) is 4.08. The fraction of sp³-hybridized carbons (Fsp3) is 0.385. The molecule has 1 atom stereocenters. The van der Waals surface area contributed by atoms with Crippen LogP contribution in [0.25, 0.3) is 11.0 Å². The van der Waals surface area contributed by atoms with Crippen LogP contribution in [0.3, 0.4) is 0 Å². The monoisotopic (exact) mass is 221 g/mol. The van der Waals surface area contributed by atoms with Crippen molar-refractivity contribution in [3.63, 3.8) is 0 Å². The van der Waals surface area contributed by atoms with Crippen molar-refractivity contribution in [1.29, 1.82) is 0 Å². The Bertz CT molecular complexity index is 478. The lowest BCUT2D eigenvalue weighted by Gasteiger charge is -2.11. The van der Waals surface area contributed by atoms with Crippen molar-refractivity contribution in [3.8, 4) is 0 Å². The first-order valence-electron chi connectivity index (χ1n) is 5.59. The van der Waals surface area contributed by atoms with Crippen LogP contribution < -0.4 is 5.32 Å². The number of rotatable bonds is 4. The first-order valence-corrected chi connectivity index (χ1v) is 5.59. The summed E-state index contributed by atoms with van der Waals surface area (Å²) in [6.07, 6.45) is 2.05. The van der Waals surface area contributed by atoms with E-state index in [9.17, 15) is 4.39 Å². The zero-order valence-corrected chi connectivity index (χ0v) is 9.59. The molecular weight excluding hydrogens is 205 g/mol. The number of halogens is 1. The van der Waals surface area contributed by atoms with Crippen LogP contribution in [0.1, 0.15) is 19.4 Å². The quantitative estimate of drug-likeness (QED) is 0.858. The summed E-state index contributed by atoms with van der Waals surface area (Å²) in [7, 11) is 0. The van der Waals surface area contributed by atoms with Gasteiger partial charge in [-0.15, -0.1) is 0 Å². The molecule has 1 N–H and O–H groups in total. The maximum Gasteiger partial charge on any atom is 0.169 e. The molecule has 0 saturated carbocycles. The molecule has 0 bridgehead atoms. The number of fused-ring (bicyclic) bond motifs is 1. The van der Waals surface area contributed by atoms with Crippen LogP contribution in [0, 0.1) is 5.82 Å². The molecule has 2 rings (SSSR count). The Balaban J connectivity index is 2.21. The van der Waals surface area contributed by atoms with E-state index in [0.29, 0.717) is 17.0 Å². The maximum absolute atomic E-state index is 13.3. The highest BCUT2D eigenvalue weighted by molar-refractivity contribution is 5.78. The van der Waals surface area contributed by atoms with Gasteiger partial charge in [-0.1, -0.05) is 13.0 Å². The number of furan rings is 1. The summed E-state index contributed by atoms with van der Waals surface area (Å²) in [6.45, 7) is 5.15. The lowest BCUT2D eigenvalue weighted by molar-refractivity contribution is 0.558. The average Bonchev–Trinajstić information content (AvgIpc) is 2.61. The summed E-state index contributed by atoms with van der Waals surface area (Å²) in [4.78, 5) is 0. The SMILES string of the molecule is CCNC(C)Cc1ccc2occ(F)c2c1. The minimum absolute atomic E-state index is 0.284. The van der Waals surface area contributed by atoms with Crippen molar-refractivity contribution in [2.45, 2.75) is 26.3 Å². The van der Waals surface area contributed by atoms with Gasteiger partial charge in [-0.05, 0) is 37.6 Å². The van der Waals surface area contributed by atoms with Crippen molar-refractivity contribution >= 4 is 11.0 Å². The molecule has 1 unspecified atom stereocenters. The Morgan fingerprint density at radius 1 is 1.44 bits per heavy atom. The van der Waals surface area contributed by atoms with E-state index in [1.807, 2.05) is 18.2 Å². The summed E-state index contributed by atoms with van der Waals surface area (Å²) < 4.78 is 18.4. The third-order valence-corrected chi connectivity index (χ3v) is 2.69. The summed E-state index contributed by atoms with van der Waals surface area (Å²) in [5.74, 6) is -0.284. The molecule has 0 fully saturated rings. The first kappa shape index (κ1) is 11.1. The summed E-state index contributed by atoms with van der Waals surface area (Å²) in [5, 5.41) is 3.90. The van der Waals surface area contributed by atoms with Crippen LogP contribution >= 0.6 is 0 Å². The summed E-state index contributed by atoms with van der Waals surface area (Å²) in [5.41, 5.74) is 1.73. The van der Waals surface area contributed by atoms with Gasteiger partial charge in [-0.3, -0.25) is 0 Å². The van der Waals surface area contributed by atoms with Crippen molar-refractivity contribution in [2.24, 2.45) is 0 Å². The van der Waals surface area contributed by atoms with Crippen LogP contribution in [-0.2, 0) is 6.42 Å². The Kier molecular flexibility index (Phi) is 3.25. The van der Waals surface area contributed by atoms with Crippen LogP contribution in [0.5, 0.6) is 0 Å². The van der Waals surface area contributed by atoms with E-state index < -0.39 is 0 Å². The second kappa shape index (κ2) is 4.66. The molecule has 0 aliphatic heterocycles.